The summed E-state index contributed by atoms with van der Waals surface area (Å²) in [7, 11) is 0. The van der Waals surface area contributed by atoms with Crippen LogP contribution in [-0.4, -0.2) is 6.61 Å². The molecule has 4 heteroatoms. The molecule has 0 radical (unpaired) electrons. The first-order valence-corrected chi connectivity index (χ1v) is 7.49. The number of anilines is 1. The van der Waals surface area contributed by atoms with Crippen molar-refractivity contribution in [1.82, 2.24) is 0 Å². The first kappa shape index (κ1) is 14.7. The summed E-state index contributed by atoms with van der Waals surface area (Å²) in [5, 5.41) is 0. The van der Waals surface area contributed by atoms with Crippen LogP contribution >= 0.6 is 11.8 Å². The maximum atomic E-state index is 13.1. The molecular formula is C16H18FNOS. The predicted molar refractivity (Wildman–Crippen MR) is 82.7 cm³/mol. The molecule has 20 heavy (non-hydrogen) atoms. The predicted octanol–water partition coefficient (Wildman–Crippen LogP) is 4.41. The van der Waals surface area contributed by atoms with Gasteiger partial charge in [0.1, 0.15) is 11.6 Å². The van der Waals surface area contributed by atoms with Gasteiger partial charge in [0.15, 0.2) is 0 Å². The molecule has 0 saturated heterocycles. The van der Waals surface area contributed by atoms with Crippen molar-refractivity contribution in [3.63, 3.8) is 0 Å². The van der Waals surface area contributed by atoms with E-state index >= 15 is 0 Å². The van der Waals surface area contributed by atoms with Crippen molar-refractivity contribution in [3.05, 3.63) is 53.3 Å². The lowest BCUT2D eigenvalue weighted by molar-refractivity contribution is 0.339. The molecule has 2 aromatic carbocycles. The number of benzene rings is 2. The second-order valence-electron chi connectivity index (χ2n) is 4.49. The molecule has 0 aliphatic carbocycles. The van der Waals surface area contributed by atoms with Crippen molar-refractivity contribution in [2.24, 2.45) is 0 Å². The standard InChI is InChI=1S/C16H18FNOS/c1-3-19-14-6-7-15(18)16(9-14)20-10-12-4-5-13(17)8-11(12)2/h4-9H,3,10,18H2,1-2H3. The van der Waals surface area contributed by atoms with E-state index in [1.54, 1.807) is 17.8 Å². The zero-order valence-electron chi connectivity index (χ0n) is 11.7. The van der Waals surface area contributed by atoms with Gasteiger partial charge >= 0.3 is 0 Å². The van der Waals surface area contributed by atoms with Gasteiger partial charge in [-0.25, -0.2) is 4.39 Å². The molecular weight excluding hydrogens is 273 g/mol. The van der Waals surface area contributed by atoms with E-state index in [1.165, 1.54) is 6.07 Å². The van der Waals surface area contributed by atoms with Crippen LogP contribution in [0.1, 0.15) is 18.1 Å². The fourth-order valence-corrected chi connectivity index (χ4v) is 2.94. The SMILES string of the molecule is CCOc1ccc(N)c(SCc2ccc(F)cc2C)c1. The monoisotopic (exact) mass is 291 g/mol. The number of thioether (sulfide) groups is 1. The molecule has 0 fully saturated rings. The molecule has 2 aromatic rings. The fraction of sp³-hybridized carbons (Fsp3) is 0.250. The molecule has 2 N–H and O–H groups in total. The Bertz CT molecular complexity index is 601. The van der Waals surface area contributed by atoms with Crippen molar-refractivity contribution < 1.29 is 9.13 Å². The quantitative estimate of drug-likeness (QED) is 0.654. The van der Waals surface area contributed by atoms with Crippen LogP contribution in [0.5, 0.6) is 5.75 Å². The Kier molecular flexibility index (Phi) is 4.90. The second-order valence-corrected chi connectivity index (χ2v) is 5.51. The minimum absolute atomic E-state index is 0.200. The normalized spacial score (nSPS) is 10.6. The number of nitrogens with two attached hydrogens (primary N) is 1. The molecule has 0 atom stereocenters. The number of nitrogen functional groups attached to an aromatic ring is 1. The van der Waals surface area contributed by atoms with Gasteiger partial charge in [-0.1, -0.05) is 6.07 Å². The lowest BCUT2D eigenvalue weighted by Crippen LogP contribution is -1.95. The topological polar surface area (TPSA) is 35.2 Å². The molecule has 2 nitrogen and oxygen atoms in total. The molecule has 0 heterocycles. The Labute approximate surface area is 123 Å². The van der Waals surface area contributed by atoms with Gasteiger partial charge in [0.2, 0.25) is 0 Å². The van der Waals surface area contributed by atoms with Gasteiger partial charge in [0, 0.05) is 16.3 Å². The zero-order valence-corrected chi connectivity index (χ0v) is 12.5. The van der Waals surface area contributed by atoms with Gasteiger partial charge in [-0.2, -0.15) is 0 Å². The Hall–Kier alpha value is -1.68. The second kappa shape index (κ2) is 6.66. The molecule has 0 amide bonds. The summed E-state index contributed by atoms with van der Waals surface area (Å²) in [6.07, 6.45) is 0. The molecule has 0 aromatic heterocycles. The molecule has 0 aliphatic rings. The van der Waals surface area contributed by atoms with E-state index in [1.807, 2.05) is 38.1 Å². The van der Waals surface area contributed by atoms with Crippen LogP contribution in [0.25, 0.3) is 0 Å². The number of ether oxygens (including phenoxy) is 1. The lowest BCUT2D eigenvalue weighted by Gasteiger charge is -2.10. The first-order valence-electron chi connectivity index (χ1n) is 6.50. The van der Waals surface area contributed by atoms with E-state index in [4.69, 9.17) is 10.5 Å². The number of halogens is 1. The lowest BCUT2D eigenvalue weighted by atomic mass is 10.1. The summed E-state index contributed by atoms with van der Waals surface area (Å²) in [4.78, 5) is 0.986. The highest BCUT2D eigenvalue weighted by atomic mass is 32.2. The minimum Gasteiger partial charge on any atom is -0.494 e. The molecule has 0 saturated carbocycles. The zero-order chi connectivity index (χ0) is 14.5. The van der Waals surface area contributed by atoms with E-state index < -0.39 is 0 Å². The first-order chi connectivity index (χ1) is 9.60. The maximum Gasteiger partial charge on any atom is 0.123 e. The largest absolute Gasteiger partial charge is 0.494 e. The van der Waals surface area contributed by atoms with E-state index in [-0.39, 0.29) is 5.82 Å². The summed E-state index contributed by atoms with van der Waals surface area (Å²) in [6, 6.07) is 10.5. The summed E-state index contributed by atoms with van der Waals surface area (Å²) in [5.41, 5.74) is 8.77. The number of hydrogen-bond acceptors (Lipinski definition) is 3. The average molecular weight is 291 g/mol. The van der Waals surface area contributed by atoms with Gasteiger partial charge in [-0.05, 0) is 55.3 Å². The Morgan fingerprint density at radius 3 is 2.70 bits per heavy atom. The van der Waals surface area contributed by atoms with Crippen LogP contribution in [0, 0.1) is 12.7 Å². The number of hydrogen-bond donors (Lipinski definition) is 1. The van der Waals surface area contributed by atoms with Gasteiger partial charge < -0.3 is 10.5 Å². The number of aryl methyl sites for hydroxylation is 1. The third kappa shape index (κ3) is 3.67. The van der Waals surface area contributed by atoms with Crippen molar-refractivity contribution in [3.8, 4) is 5.75 Å². The van der Waals surface area contributed by atoms with Crippen molar-refractivity contribution in [2.75, 3.05) is 12.3 Å². The van der Waals surface area contributed by atoms with E-state index in [0.717, 1.165) is 33.2 Å². The van der Waals surface area contributed by atoms with E-state index in [9.17, 15) is 4.39 Å². The third-order valence-corrected chi connectivity index (χ3v) is 4.10. The highest BCUT2D eigenvalue weighted by molar-refractivity contribution is 7.98. The van der Waals surface area contributed by atoms with Crippen LogP contribution in [-0.2, 0) is 5.75 Å². The third-order valence-electron chi connectivity index (χ3n) is 2.98. The molecule has 0 spiro atoms. The average Bonchev–Trinajstić information content (AvgIpc) is 2.41. The van der Waals surface area contributed by atoms with Crippen molar-refractivity contribution >= 4 is 17.4 Å². The summed E-state index contributed by atoms with van der Waals surface area (Å²) in [6.45, 7) is 4.50. The van der Waals surface area contributed by atoms with Gasteiger partial charge in [-0.3, -0.25) is 0 Å². The Morgan fingerprint density at radius 2 is 2.00 bits per heavy atom. The highest BCUT2D eigenvalue weighted by Crippen LogP contribution is 2.32. The van der Waals surface area contributed by atoms with Gasteiger partial charge in [-0.15, -0.1) is 11.8 Å². The molecule has 0 aliphatic heterocycles. The molecule has 2 rings (SSSR count). The van der Waals surface area contributed by atoms with Crippen LogP contribution in [0.3, 0.4) is 0 Å². The Morgan fingerprint density at radius 1 is 1.20 bits per heavy atom. The number of rotatable bonds is 5. The summed E-state index contributed by atoms with van der Waals surface area (Å²) < 4.78 is 18.5. The summed E-state index contributed by atoms with van der Waals surface area (Å²) in [5.74, 6) is 1.38. The van der Waals surface area contributed by atoms with Gasteiger partial charge in [0.05, 0.1) is 6.61 Å². The highest BCUT2D eigenvalue weighted by Gasteiger charge is 2.05. The summed E-state index contributed by atoms with van der Waals surface area (Å²) >= 11 is 1.63. The van der Waals surface area contributed by atoms with Gasteiger partial charge in [0.25, 0.3) is 0 Å². The molecule has 0 bridgehead atoms. The fourth-order valence-electron chi connectivity index (χ4n) is 1.87. The van der Waals surface area contributed by atoms with Crippen molar-refractivity contribution in [2.45, 2.75) is 24.5 Å². The maximum absolute atomic E-state index is 13.1. The van der Waals surface area contributed by atoms with E-state index in [0.29, 0.717) is 6.61 Å². The van der Waals surface area contributed by atoms with Crippen LogP contribution in [0.2, 0.25) is 0 Å². The minimum atomic E-state index is -0.200. The smallest absolute Gasteiger partial charge is 0.123 e. The molecule has 106 valence electrons. The van der Waals surface area contributed by atoms with Crippen LogP contribution < -0.4 is 10.5 Å². The van der Waals surface area contributed by atoms with Crippen LogP contribution in [0.15, 0.2) is 41.3 Å². The van der Waals surface area contributed by atoms with E-state index in [2.05, 4.69) is 0 Å². The van der Waals surface area contributed by atoms with Crippen LogP contribution in [0.4, 0.5) is 10.1 Å². The van der Waals surface area contributed by atoms with Crippen molar-refractivity contribution in [1.29, 1.82) is 0 Å². The Balaban J connectivity index is 2.11. The molecule has 0 unspecified atom stereocenters.